The van der Waals surface area contributed by atoms with Crippen LogP contribution in [0.3, 0.4) is 0 Å². The number of hydrogen-bond acceptors (Lipinski definition) is 4. The highest BCUT2D eigenvalue weighted by atomic mass is 32.2. The average molecular weight is 292 g/mol. The number of thioether (sulfide) groups is 1. The van der Waals surface area contributed by atoms with Gasteiger partial charge in [-0.05, 0) is 12.1 Å². The molecule has 0 saturated carbocycles. The first kappa shape index (κ1) is 14.8. The first-order valence-corrected chi connectivity index (χ1v) is 7.52. The van der Waals surface area contributed by atoms with Gasteiger partial charge in [0.05, 0.1) is 12.3 Å². The first-order chi connectivity index (χ1) is 9.37. The fourth-order valence-electron chi connectivity index (χ4n) is 1.69. The van der Waals surface area contributed by atoms with E-state index in [1.165, 1.54) is 0 Å². The predicted molar refractivity (Wildman–Crippen MR) is 81.7 cm³/mol. The molecule has 0 aliphatic carbocycles. The molecule has 6 heteroatoms. The lowest BCUT2D eigenvalue weighted by atomic mass is 10.3. The van der Waals surface area contributed by atoms with Crippen molar-refractivity contribution < 1.29 is 4.79 Å². The van der Waals surface area contributed by atoms with E-state index in [9.17, 15) is 4.79 Å². The number of nitrogens with zero attached hydrogens (tertiary/aromatic N) is 4. The number of rotatable bonds is 4. The molecule has 0 aromatic carbocycles. The van der Waals surface area contributed by atoms with Crippen molar-refractivity contribution in [2.45, 2.75) is 32.1 Å². The van der Waals surface area contributed by atoms with Crippen molar-refractivity contribution >= 4 is 23.3 Å². The lowest BCUT2D eigenvalue weighted by Crippen LogP contribution is -2.30. The summed E-state index contributed by atoms with van der Waals surface area (Å²) in [6.45, 7) is 6.79. The molecule has 2 rings (SSSR count). The van der Waals surface area contributed by atoms with E-state index in [0.717, 1.165) is 11.5 Å². The second-order valence-corrected chi connectivity index (χ2v) is 7.50. The lowest BCUT2D eigenvalue weighted by molar-refractivity contribution is -0.127. The van der Waals surface area contributed by atoms with Crippen molar-refractivity contribution in [1.29, 1.82) is 0 Å². The molecule has 0 bridgehead atoms. The van der Waals surface area contributed by atoms with E-state index in [1.807, 2.05) is 28.8 Å². The Morgan fingerprint density at radius 1 is 1.35 bits per heavy atom. The SMILES string of the molecule is CN(Cc1nnc2ccccn12)C(=O)CSC(C)(C)C. The van der Waals surface area contributed by atoms with Crippen LogP contribution in [-0.4, -0.2) is 43.0 Å². The van der Waals surface area contributed by atoms with Crippen molar-refractivity contribution in [3.05, 3.63) is 30.2 Å². The quantitative estimate of drug-likeness (QED) is 0.867. The van der Waals surface area contributed by atoms with E-state index in [1.54, 1.807) is 23.7 Å². The molecular weight excluding hydrogens is 272 g/mol. The zero-order valence-corrected chi connectivity index (χ0v) is 13.1. The van der Waals surface area contributed by atoms with Crippen molar-refractivity contribution in [2.24, 2.45) is 0 Å². The largest absolute Gasteiger partial charge is 0.337 e. The molecule has 0 unspecified atom stereocenters. The summed E-state index contributed by atoms with van der Waals surface area (Å²) < 4.78 is 2.00. The number of aromatic nitrogens is 3. The van der Waals surface area contributed by atoms with Gasteiger partial charge in [-0.1, -0.05) is 26.8 Å². The Balaban J connectivity index is 2.00. The molecule has 0 spiro atoms. The molecule has 2 heterocycles. The standard InChI is InChI=1S/C14H20N4OS/c1-14(2,3)20-10-13(19)17(4)9-12-16-15-11-7-5-6-8-18(11)12/h5-8H,9-10H2,1-4H3. The number of hydrogen-bond donors (Lipinski definition) is 0. The van der Waals surface area contributed by atoms with E-state index in [2.05, 4.69) is 31.0 Å². The molecule has 5 nitrogen and oxygen atoms in total. The van der Waals surface area contributed by atoms with Crippen LogP contribution in [0.2, 0.25) is 0 Å². The number of fused-ring (bicyclic) bond motifs is 1. The molecule has 0 aliphatic heterocycles. The fraction of sp³-hybridized carbons (Fsp3) is 0.500. The van der Waals surface area contributed by atoms with E-state index < -0.39 is 0 Å². The molecule has 0 fully saturated rings. The molecule has 2 aromatic heterocycles. The molecule has 0 aliphatic rings. The van der Waals surface area contributed by atoms with Crippen LogP contribution in [0.4, 0.5) is 0 Å². The van der Waals surface area contributed by atoms with Gasteiger partial charge in [0.25, 0.3) is 0 Å². The van der Waals surface area contributed by atoms with E-state index in [0.29, 0.717) is 12.3 Å². The zero-order valence-electron chi connectivity index (χ0n) is 12.3. The fourth-order valence-corrected chi connectivity index (χ4v) is 2.46. The van der Waals surface area contributed by atoms with Crippen molar-refractivity contribution in [3.63, 3.8) is 0 Å². The maximum absolute atomic E-state index is 12.1. The summed E-state index contributed by atoms with van der Waals surface area (Å²) in [5.41, 5.74) is 0.799. The van der Waals surface area contributed by atoms with E-state index in [4.69, 9.17) is 0 Å². The van der Waals surface area contributed by atoms with Crippen LogP contribution >= 0.6 is 11.8 Å². The van der Waals surface area contributed by atoms with E-state index in [-0.39, 0.29) is 10.7 Å². The molecule has 2 aromatic rings. The Kier molecular flexibility index (Phi) is 4.32. The predicted octanol–water partition coefficient (Wildman–Crippen LogP) is 2.22. The second kappa shape index (κ2) is 5.83. The number of pyridine rings is 1. The zero-order chi connectivity index (χ0) is 14.8. The first-order valence-electron chi connectivity index (χ1n) is 6.53. The third-order valence-corrected chi connectivity index (χ3v) is 4.07. The highest BCUT2D eigenvalue weighted by Gasteiger charge is 2.17. The van der Waals surface area contributed by atoms with Crippen molar-refractivity contribution in [3.8, 4) is 0 Å². The molecule has 20 heavy (non-hydrogen) atoms. The van der Waals surface area contributed by atoms with Crippen molar-refractivity contribution in [1.82, 2.24) is 19.5 Å². The minimum absolute atomic E-state index is 0.0953. The van der Waals surface area contributed by atoms with E-state index >= 15 is 0 Å². The average Bonchev–Trinajstić information content (AvgIpc) is 2.78. The molecule has 0 radical (unpaired) electrons. The van der Waals surface area contributed by atoms with Crippen LogP contribution in [0.1, 0.15) is 26.6 Å². The molecule has 0 atom stereocenters. The third-order valence-electron chi connectivity index (χ3n) is 2.82. The summed E-state index contributed by atoms with van der Waals surface area (Å²) in [6.07, 6.45) is 1.91. The van der Waals surface area contributed by atoms with Crippen LogP contribution in [0, 0.1) is 0 Å². The number of carbonyl (C=O) groups is 1. The van der Waals surface area contributed by atoms with Crippen molar-refractivity contribution in [2.75, 3.05) is 12.8 Å². The Bertz CT molecular complexity index is 602. The van der Waals surface area contributed by atoms with Crippen LogP contribution in [0.25, 0.3) is 5.65 Å². The minimum atomic E-state index is 0.0953. The van der Waals surface area contributed by atoms with Gasteiger partial charge >= 0.3 is 0 Å². The van der Waals surface area contributed by atoms with Gasteiger partial charge in [-0.3, -0.25) is 9.20 Å². The molecule has 108 valence electrons. The molecule has 0 N–H and O–H groups in total. The van der Waals surface area contributed by atoms with Gasteiger partial charge in [0.2, 0.25) is 5.91 Å². The Hall–Kier alpha value is -1.56. The van der Waals surface area contributed by atoms with Gasteiger partial charge in [0.15, 0.2) is 11.5 Å². The summed E-state index contributed by atoms with van der Waals surface area (Å²) >= 11 is 1.65. The van der Waals surface area contributed by atoms with Crippen LogP contribution in [-0.2, 0) is 11.3 Å². The number of carbonyl (C=O) groups excluding carboxylic acids is 1. The van der Waals surface area contributed by atoms with Gasteiger partial charge in [-0.15, -0.1) is 22.0 Å². The third kappa shape index (κ3) is 3.72. The topological polar surface area (TPSA) is 50.5 Å². The number of amides is 1. The molecule has 0 saturated heterocycles. The summed E-state index contributed by atoms with van der Waals surface area (Å²) in [5, 5.41) is 8.22. The Morgan fingerprint density at radius 3 is 2.80 bits per heavy atom. The maximum Gasteiger partial charge on any atom is 0.232 e. The monoisotopic (exact) mass is 292 g/mol. The van der Waals surface area contributed by atoms with Gasteiger partial charge in [0, 0.05) is 18.0 Å². The highest BCUT2D eigenvalue weighted by molar-refractivity contribution is 8.01. The second-order valence-electron chi connectivity index (χ2n) is 5.70. The summed E-state index contributed by atoms with van der Waals surface area (Å²) in [7, 11) is 1.80. The molecule has 1 amide bonds. The van der Waals surface area contributed by atoms with Gasteiger partial charge in [0.1, 0.15) is 0 Å². The lowest BCUT2D eigenvalue weighted by Gasteiger charge is -2.20. The van der Waals surface area contributed by atoms with Crippen LogP contribution in [0.5, 0.6) is 0 Å². The smallest absolute Gasteiger partial charge is 0.232 e. The maximum atomic E-state index is 12.1. The van der Waals surface area contributed by atoms with Gasteiger partial charge in [-0.2, -0.15) is 0 Å². The normalized spacial score (nSPS) is 11.8. The summed E-state index contributed by atoms with van der Waals surface area (Å²) in [5.74, 6) is 1.37. The Labute approximate surface area is 123 Å². The summed E-state index contributed by atoms with van der Waals surface area (Å²) in [4.78, 5) is 13.8. The van der Waals surface area contributed by atoms with Gasteiger partial charge in [-0.25, -0.2) is 0 Å². The highest BCUT2D eigenvalue weighted by Crippen LogP contribution is 2.23. The van der Waals surface area contributed by atoms with Crippen LogP contribution < -0.4 is 0 Å². The van der Waals surface area contributed by atoms with Gasteiger partial charge < -0.3 is 4.90 Å². The Morgan fingerprint density at radius 2 is 2.10 bits per heavy atom. The van der Waals surface area contributed by atoms with Crippen LogP contribution in [0.15, 0.2) is 24.4 Å². The minimum Gasteiger partial charge on any atom is -0.337 e. The molecular formula is C14H20N4OS. The summed E-state index contributed by atoms with van der Waals surface area (Å²) in [6, 6.07) is 5.74.